The van der Waals surface area contributed by atoms with Crippen LogP contribution in [0.2, 0.25) is 0 Å². The van der Waals surface area contributed by atoms with Crippen LogP contribution >= 0.6 is 0 Å². The highest BCUT2D eigenvalue weighted by Gasteiger charge is 2.28. The molecule has 3 heterocycles. The van der Waals surface area contributed by atoms with Crippen LogP contribution in [0.4, 0.5) is 11.9 Å². The summed E-state index contributed by atoms with van der Waals surface area (Å²) in [4.78, 5) is 11.2. The highest BCUT2D eigenvalue weighted by Crippen LogP contribution is 2.22. The quantitative estimate of drug-likeness (QED) is 0.452. The molecule has 1 saturated heterocycles. The summed E-state index contributed by atoms with van der Waals surface area (Å²) in [6.45, 7) is 8.53. The van der Waals surface area contributed by atoms with Gasteiger partial charge in [0.1, 0.15) is 0 Å². The van der Waals surface area contributed by atoms with Gasteiger partial charge in [0, 0.05) is 38.3 Å². The van der Waals surface area contributed by atoms with Gasteiger partial charge in [-0.15, -0.1) is 5.10 Å². The first-order valence-electron chi connectivity index (χ1n) is 9.85. The Kier molecular flexibility index (Phi) is 6.75. The van der Waals surface area contributed by atoms with Crippen molar-refractivity contribution in [3.8, 4) is 5.88 Å². The van der Waals surface area contributed by atoms with Crippen molar-refractivity contribution in [1.82, 2.24) is 29.6 Å². The van der Waals surface area contributed by atoms with Crippen LogP contribution in [0.25, 0.3) is 5.65 Å². The van der Waals surface area contributed by atoms with Crippen LogP contribution in [-0.2, 0) is 10.0 Å². The lowest BCUT2D eigenvalue weighted by Gasteiger charge is -2.39. The molecule has 1 aliphatic heterocycles. The molecule has 12 heteroatoms. The summed E-state index contributed by atoms with van der Waals surface area (Å²) < 4.78 is 33.9. The van der Waals surface area contributed by atoms with Gasteiger partial charge in [0.15, 0.2) is 5.65 Å². The van der Waals surface area contributed by atoms with E-state index >= 15 is 0 Å². The molecular weight excluding hydrogens is 396 g/mol. The number of nitrogens with zero attached hydrogens (tertiary/aromatic N) is 5. The normalized spacial score (nSPS) is 15.1. The standard InChI is InChI=1S/C17H30N8O3S/c1-5-28-15-8-14-21-17(24-10-13(11-24)18-4)22-16(25(14)23-15)19-6-7-29(26,27)20-9-12(2)3/h8,12-13,18,20H,5-7,9-11H2,1-4H3,(H,19,21,22). The van der Waals surface area contributed by atoms with Crippen LogP contribution in [0, 0.1) is 5.92 Å². The van der Waals surface area contributed by atoms with E-state index in [1.54, 1.807) is 6.07 Å². The minimum absolute atomic E-state index is 0.0638. The fraction of sp³-hybridized carbons (Fsp3) is 0.706. The molecule has 0 amide bonds. The molecular formula is C17H30N8O3S. The van der Waals surface area contributed by atoms with E-state index < -0.39 is 10.0 Å². The molecule has 1 aliphatic rings. The van der Waals surface area contributed by atoms with Crippen molar-refractivity contribution < 1.29 is 13.2 Å². The largest absolute Gasteiger partial charge is 0.477 e. The SMILES string of the molecule is CCOc1cc2nc(N3CC(NC)C3)nc(NCCS(=O)(=O)NCC(C)C)n2n1. The van der Waals surface area contributed by atoms with Gasteiger partial charge < -0.3 is 20.3 Å². The van der Waals surface area contributed by atoms with Gasteiger partial charge in [0.2, 0.25) is 27.8 Å². The Morgan fingerprint density at radius 3 is 2.72 bits per heavy atom. The molecule has 0 spiro atoms. The molecule has 162 valence electrons. The second-order valence-electron chi connectivity index (χ2n) is 7.41. The maximum atomic E-state index is 12.1. The third-order valence-corrected chi connectivity index (χ3v) is 5.87. The zero-order valence-corrected chi connectivity index (χ0v) is 18.2. The molecule has 0 bridgehead atoms. The first-order valence-corrected chi connectivity index (χ1v) is 11.5. The average Bonchev–Trinajstić information content (AvgIpc) is 3.02. The molecule has 0 saturated carbocycles. The first-order chi connectivity index (χ1) is 13.8. The maximum absolute atomic E-state index is 12.1. The maximum Gasteiger partial charge on any atom is 0.235 e. The van der Waals surface area contributed by atoms with E-state index in [0.29, 0.717) is 42.6 Å². The van der Waals surface area contributed by atoms with Gasteiger partial charge >= 0.3 is 0 Å². The van der Waals surface area contributed by atoms with Gasteiger partial charge in [-0.3, -0.25) is 0 Å². The molecule has 11 nitrogen and oxygen atoms in total. The van der Waals surface area contributed by atoms with Gasteiger partial charge in [0.05, 0.1) is 12.4 Å². The van der Waals surface area contributed by atoms with E-state index in [1.165, 1.54) is 4.52 Å². The van der Waals surface area contributed by atoms with E-state index in [9.17, 15) is 8.42 Å². The van der Waals surface area contributed by atoms with Crippen molar-refractivity contribution in [1.29, 1.82) is 0 Å². The predicted octanol–water partition coefficient (Wildman–Crippen LogP) is -0.0817. The molecule has 29 heavy (non-hydrogen) atoms. The molecule has 0 atom stereocenters. The topological polar surface area (TPSA) is 126 Å². The molecule has 0 radical (unpaired) electrons. The van der Waals surface area contributed by atoms with E-state index in [-0.39, 0.29) is 18.2 Å². The highest BCUT2D eigenvalue weighted by molar-refractivity contribution is 7.89. The second-order valence-corrected chi connectivity index (χ2v) is 9.34. The van der Waals surface area contributed by atoms with Crippen LogP contribution in [0.1, 0.15) is 20.8 Å². The molecule has 0 aliphatic carbocycles. The fourth-order valence-electron chi connectivity index (χ4n) is 2.82. The number of rotatable bonds is 11. The van der Waals surface area contributed by atoms with Crippen LogP contribution in [0.15, 0.2) is 6.07 Å². The van der Waals surface area contributed by atoms with Crippen molar-refractivity contribution in [3.05, 3.63) is 6.07 Å². The molecule has 0 aromatic carbocycles. The monoisotopic (exact) mass is 426 g/mol. The Hall–Kier alpha value is -2.18. The Bertz CT molecular complexity index is 924. The lowest BCUT2D eigenvalue weighted by molar-refractivity contribution is 0.325. The molecule has 3 rings (SSSR count). The number of nitrogens with one attached hydrogen (secondary N) is 3. The number of sulfonamides is 1. The van der Waals surface area contributed by atoms with Gasteiger partial charge in [0.25, 0.3) is 0 Å². The second kappa shape index (κ2) is 9.09. The lowest BCUT2D eigenvalue weighted by atomic mass is 10.1. The minimum Gasteiger partial charge on any atom is -0.477 e. The van der Waals surface area contributed by atoms with E-state index in [0.717, 1.165) is 13.1 Å². The zero-order valence-electron chi connectivity index (χ0n) is 17.3. The number of hydrogen-bond acceptors (Lipinski definition) is 9. The summed E-state index contributed by atoms with van der Waals surface area (Å²) >= 11 is 0. The van der Waals surface area contributed by atoms with Crippen molar-refractivity contribution in [2.75, 3.05) is 55.8 Å². The van der Waals surface area contributed by atoms with Crippen LogP contribution in [0.5, 0.6) is 5.88 Å². The number of hydrogen-bond donors (Lipinski definition) is 3. The summed E-state index contributed by atoms with van der Waals surface area (Å²) in [6, 6.07) is 2.16. The van der Waals surface area contributed by atoms with E-state index in [2.05, 4.69) is 35.3 Å². The lowest BCUT2D eigenvalue weighted by Crippen LogP contribution is -2.57. The zero-order chi connectivity index (χ0) is 21.0. The molecule has 0 unspecified atom stereocenters. The fourth-order valence-corrected chi connectivity index (χ4v) is 3.92. The summed E-state index contributed by atoms with van der Waals surface area (Å²) in [7, 11) is -1.43. The summed E-state index contributed by atoms with van der Waals surface area (Å²) in [5.41, 5.74) is 0.592. The van der Waals surface area contributed by atoms with Crippen molar-refractivity contribution >= 4 is 27.6 Å². The number of anilines is 2. The highest BCUT2D eigenvalue weighted by atomic mass is 32.2. The van der Waals surface area contributed by atoms with Crippen LogP contribution < -0.4 is 25.0 Å². The van der Waals surface area contributed by atoms with E-state index in [4.69, 9.17) is 4.74 Å². The van der Waals surface area contributed by atoms with Crippen LogP contribution in [0.3, 0.4) is 0 Å². The number of likely N-dealkylation sites (N-methyl/N-ethyl adjacent to an activating group) is 1. The van der Waals surface area contributed by atoms with Gasteiger partial charge in [-0.25, -0.2) is 13.1 Å². The summed E-state index contributed by atoms with van der Waals surface area (Å²) in [6.07, 6.45) is 0. The third-order valence-electron chi connectivity index (χ3n) is 4.52. The van der Waals surface area contributed by atoms with Gasteiger partial charge in [-0.05, 0) is 19.9 Å². The first kappa shape index (κ1) is 21.5. The van der Waals surface area contributed by atoms with Crippen molar-refractivity contribution in [3.63, 3.8) is 0 Å². The Morgan fingerprint density at radius 1 is 1.31 bits per heavy atom. The predicted molar refractivity (Wildman–Crippen MR) is 112 cm³/mol. The van der Waals surface area contributed by atoms with Crippen LogP contribution in [-0.4, -0.2) is 79.6 Å². The number of fused-ring (bicyclic) bond motifs is 1. The molecule has 3 N–H and O–H groups in total. The molecule has 2 aromatic heterocycles. The third kappa shape index (κ3) is 5.46. The molecule has 1 fully saturated rings. The summed E-state index contributed by atoms with van der Waals surface area (Å²) in [5, 5.41) is 10.7. The number of aromatic nitrogens is 4. The Labute approximate surface area is 171 Å². The average molecular weight is 427 g/mol. The Balaban J connectivity index is 1.75. The van der Waals surface area contributed by atoms with Crippen molar-refractivity contribution in [2.45, 2.75) is 26.8 Å². The minimum atomic E-state index is -3.36. The number of ether oxygens (including phenoxy) is 1. The molecule has 2 aromatic rings. The van der Waals surface area contributed by atoms with E-state index in [1.807, 2.05) is 27.8 Å². The Morgan fingerprint density at radius 2 is 2.07 bits per heavy atom. The summed E-state index contributed by atoms with van der Waals surface area (Å²) in [5.74, 6) is 1.65. The van der Waals surface area contributed by atoms with Gasteiger partial charge in [-0.1, -0.05) is 13.8 Å². The van der Waals surface area contributed by atoms with Gasteiger partial charge in [-0.2, -0.15) is 14.5 Å². The smallest absolute Gasteiger partial charge is 0.235 e. The van der Waals surface area contributed by atoms with Crippen molar-refractivity contribution in [2.24, 2.45) is 5.92 Å².